The van der Waals surface area contributed by atoms with Crippen molar-refractivity contribution in [2.45, 2.75) is 6.42 Å². The number of rotatable bonds is 6. The first kappa shape index (κ1) is 17.8. The van der Waals surface area contributed by atoms with Gasteiger partial charge in [0, 0.05) is 30.6 Å². The van der Waals surface area contributed by atoms with Gasteiger partial charge in [0.15, 0.2) is 0 Å². The summed E-state index contributed by atoms with van der Waals surface area (Å²) in [6, 6.07) is 10.9. The molecule has 0 spiro atoms. The average Bonchev–Trinajstić information content (AvgIpc) is 2.96. The van der Waals surface area contributed by atoms with Crippen LogP contribution in [0.15, 0.2) is 42.6 Å². The summed E-state index contributed by atoms with van der Waals surface area (Å²) in [5.74, 6) is 0.220. The highest BCUT2D eigenvalue weighted by molar-refractivity contribution is 5.90. The van der Waals surface area contributed by atoms with Crippen LogP contribution in [0.1, 0.15) is 21.5 Å². The van der Waals surface area contributed by atoms with Gasteiger partial charge in [-0.3, -0.25) is 0 Å². The molecule has 0 saturated heterocycles. The molecule has 0 amide bonds. The van der Waals surface area contributed by atoms with Gasteiger partial charge in [-0.25, -0.2) is 15.5 Å². The molecule has 0 aliphatic carbocycles. The highest BCUT2D eigenvalue weighted by Gasteiger charge is 2.14. The maximum Gasteiger partial charge on any atom is 0.337 e. The van der Waals surface area contributed by atoms with E-state index in [9.17, 15) is 4.79 Å². The quantitative estimate of drug-likeness (QED) is 0.400. The highest BCUT2D eigenvalue weighted by Crippen LogP contribution is 2.29. The van der Waals surface area contributed by atoms with Crippen molar-refractivity contribution in [1.82, 2.24) is 4.57 Å². The number of fused-ring (bicyclic) bond motifs is 1. The minimum atomic E-state index is -0.403. The van der Waals surface area contributed by atoms with Crippen molar-refractivity contribution in [3.63, 3.8) is 0 Å². The van der Waals surface area contributed by atoms with Crippen LogP contribution in [-0.2, 0) is 23.2 Å². The molecule has 7 nitrogen and oxygen atoms in total. The van der Waals surface area contributed by atoms with Crippen molar-refractivity contribution in [3.05, 3.63) is 59.3 Å². The summed E-state index contributed by atoms with van der Waals surface area (Å²) in [6.07, 6.45) is 2.66. The summed E-state index contributed by atoms with van der Waals surface area (Å²) < 4.78 is 12.2. The molecule has 3 aromatic rings. The van der Waals surface area contributed by atoms with Gasteiger partial charge in [0.2, 0.25) is 0 Å². The third kappa shape index (κ3) is 3.35. The van der Waals surface area contributed by atoms with E-state index in [-0.39, 0.29) is 0 Å². The van der Waals surface area contributed by atoms with Gasteiger partial charge in [0.05, 0.1) is 25.5 Å². The van der Waals surface area contributed by atoms with Crippen LogP contribution < -0.4 is 10.2 Å². The number of anilines is 1. The predicted molar refractivity (Wildman–Crippen MR) is 97.4 cm³/mol. The summed E-state index contributed by atoms with van der Waals surface area (Å²) in [7, 11) is 4.89. The van der Waals surface area contributed by atoms with Gasteiger partial charge < -0.3 is 14.0 Å². The molecule has 0 radical (unpaired) electrons. The molecule has 0 unspecified atom stereocenters. The molecule has 2 N–H and O–H groups in total. The van der Waals surface area contributed by atoms with Crippen molar-refractivity contribution in [2.24, 2.45) is 7.05 Å². The number of hydrogen-bond acceptors (Lipinski definition) is 6. The first-order valence-electron chi connectivity index (χ1n) is 7.97. The van der Waals surface area contributed by atoms with E-state index in [1.165, 1.54) is 7.11 Å². The molecule has 1 aromatic heterocycles. The molecular formula is C19H20N2O5. The zero-order valence-corrected chi connectivity index (χ0v) is 14.8. The third-order valence-electron chi connectivity index (χ3n) is 4.32. The van der Waals surface area contributed by atoms with Crippen LogP contribution >= 0.6 is 0 Å². The Morgan fingerprint density at radius 1 is 1.15 bits per heavy atom. The maximum atomic E-state index is 11.7. The predicted octanol–water partition coefficient (Wildman–Crippen LogP) is 3.38. The summed E-state index contributed by atoms with van der Waals surface area (Å²) in [5.41, 5.74) is 6.58. The van der Waals surface area contributed by atoms with Gasteiger partial charge in [-0.15, -0.1) is 4.99 Å². The van der Waals surface area contributed by atoms with E-state index in [0.717, 1.165) is 22.0 Å². The van der Waals surface area contributed by atoms with Crippen molar-refractivity contribution < 1.29 is 24.5 Å². The van der Waals surface area contributed by atoms with E-state index < -0.39 is 5.97 Å². The highest BCUT2D eigenvalue weighted by atomic mass is 17.2. The molecule has 7 heteroatoms. The van der Waals surface area contributed by atoms with Crippen molar-refractivity contribution in [3.8, 4) is 5.75 Å². The average molecular weight is 356 g/mol. The van der Waals surface area contributed by atoms with Gasteiger partial charge in [-0.05, 0) is 41.5 Å². The van der Waals surface area contributed by atoms with E-state index >= 15 is 0 Å². The van der Waals surface area contributed by atoms with E-state index in [2.05, 4.69) is 10.5 Å². The number of benzene rings is 2. The van der Waals surface area contributed by atoms with Gasteiger partial charge in [0.1, 0.15) is 5.75 Å². The fourth-order valence-corrected chi connectivity index (χ4v) is 3.07. The molecule has 3 rings (SSSR count). The molecule has 0 saturated carbocycles. The lowest BCUT2D eigenvalue weighted by atomic mass is 10.0. The first-order valence-corrected chi connectivity index (χ1v) is 7.97. The molecule has 0 aliphatic heterocycles. The normalized spacial score (nSPS) is 10.8. The number of aryl methyl sites for hydroxylation is 1. The van der Waals surface area contributed by atoms with Crippen LogP contribution in [0, 0.1) is 0 Å². The number of hydrogen-bond donors (Lipinski definition) is 2. The second-order valence-electron chi connectivity index (χ2n) is 5.89. The number of nitrogens with zero attached hydrogens (tertiary/aromatic N) is 1. The number of methoxy groups -OCH3 is 2. The topological polar surface area (TPSA) is 82.0 Å². The SMILES string of the molecule is COC(=O)c1ccc(Cc2cn(C)c3ccc(NOO)cc23)c(OC)c1. The molecule has 0 aliphatic rings. The summed E-state index contributed by atoms with van der Waals surface area (Å²) in [6.45, 7) is 0. The first-order chi connectivity index (χ1) is 12.6. The Bertz CT molecular complexity index is 948. The van der Waals surface area contributed by atoms with Gasteiger partial charge in [-0.2, -0.15) is 0 Å². The zero-order valence-electron chi connectivity index (χ0n) is 14.8. The lowest BCUT2D eigenvalue weighted by Crippen LogP contribution is -2.03. The Morgan fingerprint density at radius 2 is 1.96 bits per heavy atom. The van der Waals surface area contributed by atoms with Crippen LogP contribution in [-0.4, -0.2) is 30.0 Å². The second-order valence-corrected chi connectivity index (χ2v) is 5.89. The lowest BCUT2D eigenvalue weighted by molar-refractivity contribution is -0.215. The van der Waals surface area contributed by atoms with Gasteiger partial charge in [-0.1, -0.05) is 6.07 Å². The molecule has 1 heterocycles. The molecule has 26 heavy (non-hydrogen) atoms. The van der Waals surface area contributed by atoms with Gasteiger partial charge >= 0.3 is 5.97 Å². The molecule has 0 atom stereocenters. The standard InChI is InChI=1S/C19H20N2O5/c1-21-11-14(16-10-15(20-26-23)6-7-17(16)21)8-12-4-5-13(19(22)25-3)9-18(12)24-2/h4-7,9-11,20,23H,8H2,1-3H3. The van der Waals surface area contributed by atoms with Gasteiger partial charge in [0.25, 0.3) is 0 Å². The minimum Gasteiger partial charge on any atom is -0.496 e. The van der Waals surface area contributed by atoms with Crippen LogP contribution in [0.2, 0.25) is 0 Å². The minimum absolute atomic E-state index is 0.403. The lowest BCUT2D eigenvalue weighted by Gasteiger charge is -2.10. The molecule has 136 valence electrons. The Labute approximate surface area is 150 Å². The third-order valence-corrected chi connectivity index (χ3v) is 4.32. The number of ether oxygens (including phenoxy) is 2. The molecular weight excluding hydrogens is 336 g/mol. The van der Waals surface area contributed by atoms with E-state index in [1.807, 2.05) is 42.1 Å². The monoisotopic (exact) mass is 356 g/mol. The Balaban J connectivity index is 2.00. The molecule has 2 aromatic carbocycles. The summed E-state index contributed by atoms with van der Waals surface area (Å²) >= 11 is 0. The fraction of sp³-hybridized carbons (Fsp3) is 0.211. The van der Waals surface area contributed by atoms with Crippen LogP contribution in [0.5, 0.6) is 5.75 Å². The molecule has 0 fully saturated rings. The fourth-order valence-electron chi connectivity index (χ4n) is 3.07. The zero-order chi connectivity index (χ0) is 18.7. The number of aromatic nitrogens is 1. The number of carbonyl (C=O) groups excluding carboxylic acids is 1. The van der Waals surface area contributed by atoms with Crippen LogP contribution in [0.4, 0.5) is 5.69 Å². The number of esters is 1. The molecule has 0 bridgehead atoms. The van der Waals surface area contributed by atoms with Crippen LogP contribution in [0.3, 0.4) is 0 Å². The Morgan fingerprint density at radius 3 is 2.65 bits per heavy atom. The van der Waals surface area contributed by atoms with E-state index in [4.69, 9.17) is 14.7 Å². The summed E-state index contributed by atoms with van der Waals surface area (Å²) in [5, 5.41) is 9.61. The smallest absolute Gasteiger partial charge is 0.337 e. The number of nitrogens with one attached hydrogen (secondary N) is 1. The van der Waals surface area contributed by atoms with E-state index in [0.29, 0.717) is 23.4 Å². The van der Waals surface area contributed by atoms with Crippen molar-refractivity contribution in [2.75, 3.05) is 19.7 Å². The number of carbonyl (C=O) groups is 1. The van der Waals surface area contributed by atoms with E-state index in [1.54, 1.807) is 19.2 Å². The Kier molecular flexibility index (Phi) is 5.11. The van der Waals surface area contributed by atoms with Crippen molar-refractivity contribution >= 4 is 22.6 Å². The second kappa shape index (κ2) is 7.47. The summed E-state index contributed by atoms with van der Waals surface area (Å²) in [4.78, 5) is 15.7. The largest absolute Gasteiger partial charge is 0.496 e. The Hall–Kier alpha value is -3.03. The van der Waals surface area contributed by atoms with Crippen molar-refractivity contribution in [1.29, 1.82) is 0 Å². The van der Waals surface area contributed by atoms with Crippen LogP contribution in [0.25, 0.3) is 10.9 Å². The maximum absolute atomic E-state index is 11.7.